The minimum absolute atomic E-state index is 0. The van der Waals surface area contributed by atoms with E-state index in [0.29, 0.717) is 0 Å². The van der Waals surface area contributed by atoms with Crippen molar-refractivity contribution in [2.24, 2.45) is 17.8 Å². The van der Waals surface area contributed by atoms with Crippen LogP contribution in [0.1, 0.15) is 93.8 Å². The van der Waals surface area contributed by atoms with Crippen LogP contribution in [0, 0.1) is 17.8 Å². The van der Waals surface area contributed by atoms with Crippen molar-refractivity contribution in [2.45, 2.75) is 92.4 Å². The molecule has 2 nitrogen and oxygen atoms in total. The predicted octanol–water partition coefficient (Wildman–Crippen LogP) is 3.82. The monoisotopic (exact) mass is 366 g/mol. The molecular weight excluding hydrogens is 326 g/mol. The summed E-state index contributed by atoms with van der Waals surface area (Å²) < 4.78 is 4.57. The van der Waals surface area contributed by atoms with Crippen molar-refractivity contribution in [2.75, 3.05) is 0 Å². The summed E-state index contributed by atoms with van der Waals surface area (Å²) >= 11 is 0. The van der Waals surface area contributed by atoms with E-state index in [1.165, 1.54) is 44.9 Å². The van der Waals surface area contributed by atoms with Crippen LogP contribution in [0.25, 0.3) is 0 Å². The molecule has 1 unspecified atom stereocenters. The standard InChI is InChI=1S/C20H39O2P.Na.H/c1-16(2)9-6-10-17(3)11-7-12-18(4)13-8-14-19(5)15-20(21)22-23;;/h15-18H,6-14,23H2,1-5H3;;/q;+1;-1/b19-15+;;/t17-,18-;;/m1../s1. The van der Waals surface area contributed by atoms with Crippen molar-refractivity contribution in [3.8, 4) is 0 Å². The van der Waals surface area contributed by atoms with Crippen LogP contribution in [-0.4, -0.2) is 5.97 Å². The average molecular weight is 367 g/mol. The summed E-state index contributed by atoms with van der Waals surface area (Å²) in [5, 5.41) is 0. The summed E-state index contributed by atoms with van der Waals surface area (Å²) in [4.78, 5) is 11.1. The van der Waals surface area contributed by atoms with E-state index >= 15 is 0 Å². The number of rotatable bonds is 13. The number of carbonyl (C=O) groups is 1. The van der Waals surface area contributed by atoms with Gasteiger partial charge in [0.05, 0.1) is 9.47 Å². The maximum absolute atomic E-state index is 11.1. The Hall–Kier alpha value is 0.640. The van der Waals surface area contributed by atoms with Gasteiger partial charge >= 0.3 is 35.5 Å². The quantitative estimate of drug-likeness (QED) is 0.281. The number of allylic oxidation sites excluding steroid dienone is 1. The molecule has 0 aromatic carbocycles. The van der Waals surface area contributed by atoms with Crippen molar-refractivity contribution in [3.63, 3.8) is 0 Å². The maximum atomic E-state index is 11.1. The molecule has 0 amide bonds. The molecule has 0 aromatic heterocycles. The fourth-order valence-electron chi connectivity index (χ4n) is 3.01. The molecule has 0 rings (SSSR count). The van der Waals surface area contributed by atoms with Gasteiger partial charge in [-0.2, -0.15) is 0 Å². The molecule has 0 fully saturated rings. The Morgan fingerprint density at radius 1 is 0.958 bits per heavy atom. The molecule has 0 saturated heterocycles. The molecule has 0 heterocycles. The second-order valence-electron chi connectivity index (χ2n) is 7.79. The largest absolute Gasteiger partial charge is 1.00 e. The van der Waals surface area contributed by atoms with Crippen molar-refractivity contribution in [1.82, 2.24) is 0 Å². The van der Waals surface area contributed by atoms with Gasteiger partial charge in [-0.1, -0.05) is 78.2 Å². The first kappa shape index (κ1) is 26.9. The maximum Gasteiger partial charge on any atom is 1.00 e. The minimum atomic E-state index is -0.271. The summed E-state index contributed by atoms with van der Waals surface area (Å²) in [5.41, 5.74) is 1.11. The summed E-state index contributed by atoms with van der Waals surface area (Å²) in [6, 6.07) is 0. The Balaban J connectivity index is -0.00000242. The molecule has 0 aliphatic rings. The Morgan fingerprint density at radius 3 is 1.88 bits per heavy atom. The van der Waals surface area contributed by atoms with Crippen molar-refractivity contribution < 1.29 is 40.3 Å². The Bertz CT molecular complexity index is 349. The van der Waals surface area contributed by atoms with E-state index in [1.54, 1.807) is 6.08 Å². The zero-order chi connectivity index (χ0) is 17.7. The topological polar surface area (TPSA) is 26.3 Å². The third-order valence-electron chi connectivity index (χ3n) is 4.62. The van der Waals surface area contributed by atoms with E-state index in [1.807, 2.05) is 16.4 Å². The SMILES string of the molecule is C/C(=C\C(=O)OP)CCC[C@H](C)CCC[C@H](C)CCCC(C)C.[H-].[Na+]. The van der Waals surface area contributed by atoms with E-state index in [4.69, 9.17) is 0 Å². The second-order valence-corrected chi connectivity index (χ2v) is 8.02. The van der Waals surface area contributed by atoms with Gasteiger partial charge in [0.25, 0.3) is 0 Å². The van der Waals surface area contributed by atoms with Crippen LogP contribution in [0.3, 0.4) is 0 Å². The molecule has 0 aliphatic carbocycles. The third-order valence-corrected chi connectivity index (χ3v) is 4.85. The first-order chi connectivity index (χ1) is 10.8. The Morgan fingerprint density at radius 2 is 1.42 bits per heavy atom. The number of hydrogen-bond donors (Lipinski definition) is 0. The van der Waals surface area contributed by atoms with Crippen molar-refractivity contribution in [3.05, 3.63) is 11.6 Å². The van der Waals surface area contributed by atoms with Crippen LogP contribution in [0.2, 0.25) is 0 Å². The molecule has 0 radical (unpaired) electrons. The predicted molar refractivity (Wildman–Crippen MR) is 105 cm³/mol. The van der Waals surface area contributed by atoms with Gasteiger partial charge in [-0.3, -0.25) is 0 Å². The summed E-state index contributed by atoms with van der Waals surface area (Å²) in [5.74, 6) is 2.24. The van der Waals surface area contributed by atoms with Gasteiger partial charge in [0.15, 0.2) is 0 Å². The van der Waals surface area contributed by atoms with Crippen molar-refractivity contribution >= 4 is 15.4 Å². The van der Waals surface area contributed by atoms with Gasteiger partial charge in [-0.05, 0) is 37.5 Å². The van der Waals surface area contributed by atoms with E-state index < -0.39 is 0 Å². The smallest absolute Gasteiger partial charge is 1.00 e. The van der Waals surface area contributed by atoms with Crippen LogP contribution in [0.4, 0.5) is 0 Å². The van der Waals surface area contributed by atoms with Gasteiger partial charge in [0, 0.05) is 6.08 Å². The van der Waals surface area contributed by atoms with Gasteiger partial charge in [0.2, 0.25) is 0 Å². The van der Waals surface area contributed by atoms with Crippen LogP contribution < -0.4 is 29.6 Å². The fourth-order valence-corrected chi connectivity index (χ4v) is 3.08. The van der Waals surface area contributed by atoms with Crippen LogP contribution in [0.5, 0.6) is 0 Å². The first-order valence-corrected chi connectivity index (χ1v) is 9.90. The van der Waals surface area contributed by atoms with Crippen LogP contribution >= 0.6 is 9.47 Å². The molecule has 4 heteroatoms. The van der Waals surface area contributed by atoms with Crippen LogP contribution in [0.15, 0.2) is 11.6 Å². The molecule has 0 saturated carbocycles. The van der Waals surface area contributed by atoms with Crippen LogP contribution in [-0.2, 0) is 9.32 Å². The van der Waals surface area contributed by atoms with Gasteiger partial charge in [-0.15, -0.1) is 0 Å². The Kier molecular flexibility index (Phi) is 19.1. The zero-order valence-electron chi connectivity index (χ0n) is 18.1. The molecule has 0 aromatic rings. The summed E-state index contributed by atoms with van der Waals surface area (Å²) in [6.07, 6.45) is 13.2. The minimum Gasteiger partial charge on any atom is -1.00 e. The number of carbonyl (C=O) groups excluding carboxylic acids is 1. The van der Waals surface area contributed by atoms with Gasteiger partial charge in [0.1, 0.15) is 0 Å². The van der Waals surface area contributed by atoms with Gasteiger partial charge in [-0.25, -0.2) is 4.79 Å². The molecular formula is C20H40NaO2P. The van der Waals surface area contributed by atoms with E-state index in [-0.39, 0.29) is 37.0 Å². The molecule has 24 heavy (non-hydrogen) atoms. The zero-order valence-corrected chi connectivity index (χ0v) is 20.2. The summed E-state index contributed by atoms with van der Waals surface area (Å²) in [6.45, 7) is 11.4. The van der Waals surface area contributed by atoms with Crippen molar-refractivity contribution in [1.29, 1.82) is 0 Å². The first-order valence-electron chi connectivity index (χ1n) is 9.43. The third kappa shape index (κ3) is 17.5. The summed E-state index contributed by atoms with van der Waals surface area (Å²) in [7, 11) is 2.00. The molecule has 0 bridgehead atoms. The van der Waals surface area contributed by atoms with E-state index in [2.05, 4.69) is 32.2 Å². The number of hydrogen-bond acceptors (Lipinski definition) is 2. The molecule has 0 aliphatic heterocycles. The molecule has 0 N–H and O–H groups in total. The van der Waals surface area contributed by atoms with Gasteiger partial charge < -0.3 is 5.95 Å². The molecule has 0 spiro atoms. The second kappa shape index (κ2) is 17.1. The molecule has 3 atom stereocenters. The van der Waals surface area contributed by atoms with E-state index in [0.717, 1.165) is 36.2 Å². The fraction of sp³-hybridized carbons (Fsp3) is 0.850. The molecule has 138 valence electrons. The van der Waals surface area contributed by atoms with E-state index in [9.17, 15) is 4.79 Å². The Labute approximate surface area is 177 Å². The average Bonchev–Trinajstić information content (AvgIpc) is 2.46. The normalized spacial score (nSPS) is 14.2.